The van der Waals surface area contributed by atoms with Crippen molar-refractivity contribution in [3.63, 3.8) is 0 Å². The highest BCUT2D eigenvalue weighted by Gasteiger charge is 2.21. The third-order valence-electron chi connectivity index (χ3n) is 1.89. The Bertz CT molecular complexity index is 134. The van der Waals surface area contributed by atoms with Gasteiger partial charge >= 0.3 is 5.97 Å². The summed E-state index contributed by atoms with van der Waals surface area (Å²) in [6.07, 6.45) is 1.55. The molecule has 0 heterocycles. The molecule has 0 aromatic carbocycles. The lowest BCUT2D eigenvalue weighted by Gasteiger charge is -2.19. The summed E-state index contributed by atoms with van der Waals surface area (Å²) in [6, 6.07) is 0. The van der Waals surface area contributed by atoms with Crippen LogP contribution in [0.15, 0.2) is 0 Å². The third-order valence-corrected chi connectivity index (χ3v) is 1.89. The van der Waals surface area contributed by atoms with Crippen LogP contribution in [-0.2, 0) is 9.53 Å². The Labute approximate surface area is 73.7 Å². The van der Waals surface area contributed by atoms with E-state index >= 15 is 0 Å². The first-order chi connectivity index (χ1) is 5.63. The number of hydrogen-bond donors (Lipinski definition) is 1. The van der Waals surface area contributed by atoms with E-state index in [0.29, 0.717) is 6.61 Å². The molecule has 0 aliphatic carbocycles. The molecule has 0 amide bonds. The highest BCUT2D eigenvalue weighted by atomic mass is 16.5. The molecule has 0 bridgehead atoms. The Morgan fingerprint density at radius 1 is 1.50 bits per heavy atom. The fourth-order valence-corrected chi connectivity index (χ4v) is 1.04. The zero-order valence-electron chi connectivity index (χ0n) is 8.04. The average Bonchev–Trinajstić information content (AvgIpc) is 2.05. The van der Waals surface area contributed by atoms with Gasteiger partial charge in [0.05, 0.1) is 12.0 Å². The smallest absolute Gasteiger partial charge is 0.308 e. The minimum absolute atomic E-state index is 0.137. The van der Waals surface area contributed by atoms with E-state index in [1.54, 1.807) is 6.92 Å². The van der Waals surface area contributed by atoms with Gasteiger partial charge in [-0.2, -0.15) is 0 Å². The molecule has 0 rings (SSSR count). The molecule has 0 spiro atoms. The second-order valence-electron chi connectivity index (χ2n) is 2.94. The van der Waals surface area contributed by atoms with Gasteiger partial charge in [0.1, 0.15) is 0 Å². The van der Waals surface area contributed by atoms with Gasteiger partial charge in [0.2, 0.25) is 0 Å². The molecule has 12 heavy (non-hydrogen) atoms. The Hall–Kier alpha value is -0.570. The van der Waals surface area contributed by atoms with Crippen LogP contribution in [0.2, 0.25) is 0 Å². The average molecular weight is 174 g/mol. The van der Waals surface area contributed by atoms with Crippen molar-refractivity contribution in [2.45, 2.75) is 39.7 Å². The van der Waals surface area contributed by atoms with Gasteiger partial charge in [-0.15, -0.1) is 0 Å². The fourth-order valence-electron chi connectivity index (χ4n) is 1.04. The molecule has 72 valence electrons. The summed E-state index contributed by atoms with van der Waals surface area (Å²) in [5.74, 6) is -1.18. The van der Waals surface area contributed by atoms with Gasteiger partial charge < -0.3 is 9.84 Å². The lowest BCUT2D eigenvalue weighted by Crippen LogP contribution is -2.27. The maximum absolute atomic E-state index is 10.6. The van der Waals surface area contributed by atoms with Crippen molar-refractivity contribution in [2.24, 2.45) is 5.92 Å². The maximum Gasteiger partial charge on any atom is 0.308 e. The molecule has 3 heteroatoms. The Morgan fingerprint density at radius 2 is 2.08 bits per heavy atom. The fraction of sp³-hybridized carbons (Fsp3) is 0.889. The normalized spacial score (nSPS) is 15.6. The largest absolute Gasteiger partial charge is 0.481 e. The Kier molecular flexibility index (Phi) is 5.72. The standard InChI is InChI=1S/C9H18O3/c1-4-6-12-8(5-2)7(3)9(10)11/h7-8H,4-6H2,1-3H3,(H,10,11). The molecule has 0 fully saturated rings. The van der Waals surface area contributed by atoms with E-state index in [2.05, 4.69) is 0 Å². The van der Waals surface area contributed by atoms with Crippen molar-refractivity contribution in [1.29, 1.82) is 0 Å². The van der Waals surface area contributed by atoms with Gasteiger partial charge in [0.25, 0.3) is 0 Å². The zero-order valence-corrected chi connectivity index (χ0v) is 8.04. The number of aliphatic carboxylic acids is 1. The summed E-state index contributed by atoms with van der Waals surface area (Å²) in [5, 5.41) is 8.70. The van der Waals surface area contributed by atoms with Gasteiger partial charge in [0, 0.05) is 6.61 Å². The molecule has 0 aromatic rings. The van der Waals surface area contributed by atoms with Crippen LogP contribution in [0.3, 0.4) is 0 Å². The van der Waals surface area contributed by atoms with E-state index in [0.717, 1.165) is 12.8 Å². The molecule has 2 unspecified atom stereocenters. The lowest BCUT2D eigenvalue weighted by atomic mass is 10.0. The molecule has 2 atom stereocenters. The second kappa shape index (κ2) is 6.00. The minimum atomic E-state index is -0.780. The molecule has 1 N–H and O–H groups in total. The van der Waals surface area contributed by atoms with E-state index < -0.39 is 11.9 Å². The van der Waals surface area contributed by atoms with Crippen molar-refractivity contribution in [2.75, 3.05) is 6.61 Å². The molecule has 0 aliphatic rings. The predicted molar refractivity (Wildman–Crippen MR) is 47.1 cm³/mol. The molecular formula is C9H18O3. The van der Waals surface area contributed by atoms with Gasteiger partial charge in [-0.1, -0.05) is 13.8 Å². The predicted octanol–water partition coefficient (Wildman–Crippen LogP) is 1.91. The number of ether oxygens (including phenoxy) is 1. The molecular weight excluding hydrogens is 156 g/mol. The van der Waals surface area contributed by atoms with Crippen molar-refractivity contribution >= 4 is 5.97 Å². The number of carboxylic acid groups (broad SMARTS) is 1. The first-order valence-corrected chi connectivity index (χ1v) is 4.47. The summed E-state index contributed by atoms with van der Waals surface area (Å²) in [4.78, 5) is 10.6. The summed E-state index contributed by atoms with van der Waals surface area (Å²) < 4.78 is 5.38. The van der Waals surface area contributed by atoms with Crippen LogP contribution in [0.4, 0.5) is 0 Å². The highest BCUT2D eigenvalue weighted by Crippen LogP contribution is 2.11. The van der Waals surface area contributed by atoms with E-state index in [4.69, 9.17) is 9.84 Å². The van der Waals surface area contributed by atoms with E-state index in [1.807, 2.05) is 13.8 Å². The van der Waals surface area contributed by atoms with Crippen LogP contribution in [0, 0.1) is 5.92 Å². The van der Waals surface area contributed by atoms with E-state index in [1.165, 1.54) is 0 Å². The van der Waals surface area contributed by atoms with Crippen LogP contribution in [0.25, 0.3) is 0 Å². The molecule has 0 saturated carbocycles. The molecule has 0 aliphatic heterocycles. The number of carboxylic acids is 1. The van der Waals surface area contributed by atoms with E-state index in [-0.39, 0.29) is 6.10 Å². The zero-order chi connectivity index (χ0) is 9.56. The van der Waals surface area contributed by atoms with Crippen LogP contribution >= 0.6 is 0 Å². The van der Waals surface area contributed by atoms with Gasteiger partial charge in [-0.05, 0) is 19.8 Å². The van der Waals surface area contributed by atoms with Gasteiger partial charge in [0.15, 0.2) is 0 Å². The van der Waals surface area contributed by atoms with Gasteiger partial charge in [-0.25, -0.2) is 0 Å². The first-order valence-electron chi connectivity index (χ1n) is 4.47. The van der Waals surface area contributed by atoms with Crippen molar-refractivity contribution < 1.29 is 14.6 Å². The SMILES string of the molecule is CCCOC(CC)C(C)C(=O)O. The number of hydrogen-bond acceptors (Lipinski definition) is 2. The molecule has 3 nitrogen and oxygen atoms in total. The van der Waals surface area contributed by atoms with Crippen molar-refractivity contribution in [1.82, 2.24) is 0 Å². The van der Waals surface area contributed by atoms with Crippen LogP contribution in [0.1, 0.15) is 33.6 Å². The van der Waals surface area contributed by atoms with Crippen LogP contribution < -0.4 is 0 Å². The highest BCUT2D eigenvalue weighted by molar-refractivity contribution is 5.70. The lowest BCUT2D eigenvalue weighted by molar-refractivity contribution is -0.146. The summed E-state index contributed by atoms with van der Waals surface area (Å²) in [7, 11) is 0. The summed E-state index contributed by atoms with van der Waals surface area (Å²) >= 11 is 0. The minimum Gasteiger partial charge on any atom is -0.481 e. The third kappa shape index (κ3) is 3.72. The molecule has 0 radical (unpaired) electrons. The topological polar surface area (TPSA) is 46.5 Å². The first kappa shape index (κ1) is 11.4. The molecule has 0 saturated heterocycles. The molecule has 0 aromatic heterocycles. The number of rotatable bonds is 6. The van der Waals surface area contributed by atoms with Crippen molar-refractivity contribution in [3.8, 4) is 0 Å². The number of carbonyl (C=O) groups is 1. The van der Waals surface area contributed by atoms with Crippen LogP contribution in [0.5, 0.6) is 0 Å². The monoisotopic (exact) mass is 174 g/mol. The van der Waals surface area contributed by atoms with Crippen molar-refractivity contribution in [3.05, 3.63) is 0 Å². The second-order valence-corrected chi connectivity index (χ2v) is 2.94. The summed E-state index contributed by atoms with van der Waals surface area (Å²) in [5.41, 5.74) is 0. The Balaban J connectivity index is 3.87. The van der Waals surface area contributed by atoms with Gasteiger partial charge in [-0.3, -0.25) is 4.79 Å². The Morgan fingerprint density at radius 3 is 2.42 bits per heavy atom. The quantitative estimate of drug-likeness (QED) is 0.669. The maximum atomic E-state index is 10.6. The van der Waals surface area contributed by atoms with E-state index in [9.17, 15) is 4.79 Å². The summed E-state index contributed by atoms with van der Waals surface area (Å²) in [6.45, 7) is 6.29. The van der Waals surface area contributed by atoms with Crippen LogP contribution in [-0.4, -0.2) is 23.8 Å².